The lowest BCUT2D eigenvalue weighted by Crippen LogP contribution is -2.18. The van der Waals surface area contributed by atoms with Crippen LogP contribution < -0.4 is 20.1 Å². The van der Waals surface area contributed by atoms with Gasteiger partial charge in [-0.05, 0) is 18.2 Å². The molecule has 4 rings (SSSR count). The molecule has 0 amide bonds. The average molecular weight is 297 g/mol. The highest BCUT2D eigenvalue weighted by molar-refractivity contribution is 5.64. The molecule has 0 aliphatic carbocycles. The Labute approximate surface area is 127 Å². The summed E-state index contributed by atoms with van der Waals surface area (Å²) >= 11 is 0. The second-order valence-corrected chi connectivity index (χ2v) is 5.05. The number of hydrogen-bond donors (Lipinski definition) is 2. The molecule has 2 N–H and O–H groups in total. The van der Waals surface area contributed by atoms with E-state index in [0.717, 1.165) is 35.2 Å². The molecule has 112 valence electrons. The minimum absolute atomic E-state index is 0.262. The summed E-state index contributed by atoms with van der Waals surface area (Å²) in [4.78, 5) is 10.9. The molecule has 0 spiro atoms. The smallest absolute Gasteiger partial charge is 0.231 e. The number of fused-ring (bicyclic) bond motifs is 1. The van der Waals surface area contributed by atoms with Crippen molar-refractivity contribution in [1.29, 1.82) is 0 Å². The molecule has 0 saturated carbocycles. The summed E-state index contributed by atoms with van der Waals surface area (Å²) in [6, 6.07) is 7.54. The fourth-order valence-corrected chi connectivity index (χ4v) is 2.41. The van der Waals surface area contributed by atoms with E-state index in [1.54, 1.807) is 6.20 Å². The fraction of sp³-hybridized carbons (Fsp3) is 0.200. The molecule has 0 unspecified atom stereocenters. The van der Waals surface area contributed by atoms with Gasteiger partial charge in [0, 0.05) is 31.2 Å². The molecule has 22 heavy (non-hydrogen) atoms. The Morgan fingerprint density at radius 1 is 1.23 bits per heavy atom. The topological polar surface area (TPSA) is 71.5 Å². The lowest BCUT2D eigenvalue weighted by Gasteiger charge is -2.14. The summed E-state index contributed by atoms with van der Waals surface area (Å²) in [5, 5.41) is 6.36. The number of benzene rings is 1. The molecule has 0 radical (unpaired) electrons. The summed E-state index contributed by atoms with van der Waals surface area (Å²) in [7, 11) is 2.01. The van der Waals surface area contributed by atoms with E-state index in [0.29, 0.717) is 5.95 Å². The quantitative estimate of drug-likeness (QED) is 0.894. The normalized spacial score (nSPS) is 15.5. The van der Waals surface area contributed by atoms with E-state index >= 15 is 0 Å². The zero-order chi connectivity index (χ0) is 14.9. The van der Waals surface area contributed by atoms with Crippen LogP contribution in [-0.2, 0) is 0 Å². The third-order valence-electron chi connectivity index (χ3n) is 3.53. The number of nitrogens with one attached hydrogen (secondary N) is 2. The standard InChI is InChI=1S/C15H15N5O2/c1-20-8-16-7-12(20)11-4-5-17-15(19-11)18-10-2-3-13-14(6-10)22-9-21-13/h2-7,16H,8-9H2,1H3,(H,17,18,19). The van der Waals surface area contributed by atoms with Gasteiger partial charge in [-0.25, -0.2) is 9.97 Å². The van der Waals surface area contributed by atoms with E-state index < -0.39 is 0 Å². The molecule has 0 atom stereocenters. The van der Waals surface area contributed by atoms with Crippen molar-refractivity contribution in [2.24, 2.45) is 0 Å². The first kappa shape index (κ1) is 12.8. The van der Waals surface area contributed by atoms with Gasteiger partial charge in [-0.15, -0.1) is 0 Å². The van der Waals surface area contributed by atoms with Gasteiger partial charge in [0.15, 0.2) is 11.5 Å². The molecule has 2 aliphatic heterocycles. The van der Waals surface area contributed by atoms with Gasteiger partial charge in [0.05, 0.1) is 18.1 Å². The highest BCUT2D eigenvalue weighted by Crippen LogP contribution is 2.34. The predicted octanol–water partition coefficient (Wildman–Crippen LogP) is 1.74. The van der Waals surface area contributed by atoms with Crippen LogP contribution in [0.3, 0.4) is 0 Å². The first-order valence-corrected chi connectivity index (χ1v) is 6.94. The fourth-order valence-electron chi connectivity index (χ4n) is 2.41. The van der Waals surface area contributed by atoms with Crippen LogP contribution in [0, 0.1) is 0 Å². The second-order valence-electron chi connectivity index (χ2n) is 5.05. The van der Waals surface area contributed by atoms with Gasteiger partial charge in [-0.1, -0.05) is 0 Å². The van der Waals surface area contributed by atoms with E-state index in [4.69, 9.17) is 9.47 Å². The van der Waals surface area contributed by atoms with Crippen LogP contribution in [-0.4, -0.2) is 35.4 Å². The molecule has 1 aromatic heterocycles. The molecular weight excluding hydrogens is 282 g/mol. The summed E-state index contributed by atoms with van der Waals surface area (Å²) in [5.74, 6) is 2.02. The molecule has 1 aromatic carbocycles. The zero-order valence-electron chi connectivity index (χ0n) is 12.0. The number of anilines is 2. The molecule has 7 nitrogen and oxygen atoms in total. The predicted molar refractivity (Wildman–Crippen MR) is 81.6 cm³/mol. The molecule has 0 fully saturated rings. The number of hydrogen-bond acceptors (Lipinski definition) is 7. The number of ether oxygens (including phenoxy) is 2. The molecule has 7 heteroatoms. The third-order valence-corrected chi connectivity index (χ3v) is 3.53. The summed E-state index contributed by atoms with van der Waals surface area (Å²) in [5.41, 5.74) is 2.76. The lowest BCUT2D eigenvalue weighted by atomic mass is 10.3. The molecule has 0 bridgehead atoms. The van der Waals surface area contributed by atoms with Crippen molar-refractivity contribution in [3.05, 3.63) is 42.4 Å². The Morgan fingerprint density at radius 2 is 2.14 bits per heavy atom. The molecule has 0 saturated heterocycles. The minimum Gasteiger partial charge on any atom is -0.454 e. The average Bonchev–Trinajstić information content (AvgIpc) is 3.15. The van der Waals surface area contributed by atoms with Crippen molar-refractivity contribution in [2.75, 3.05) is 25.8 Å². The molecule has 2 aromatic rings. The Bertz CT molecular complexity index is 746. The summed E-state index contributed by atoms with van der Waals surface area (Å²) < 4.78 is 10.7. The van der Waals surface area contributed by atoms with Crippen LogP contribution in [0.5, 0.6) is 11.5 Å². The van der Waals surface area contributed by atoms with Crippen LogP contribution in [0.15, 0.2) is 36.7 Å². The van der Waals surface area contributed by atoms with Crippen molar-refractivity contribution >= 4 is 17.3 Å². The number of nitrogens with zero attached hydrogens (tertiary/aromatic N) is 3. The maximum absolute atomic E-state index is 5.37. The van der Waals surface area contributed by atoms with Crippen molar-refractivity contribution in [3.63, 3.8) is 0 Å². The van der Waals surface area contributed by atoms with E-state index in [1.807, 2.05) is 37.5 Å². The van der Waals surface area contributed by atoms with Gasteiger partial charge in [0.1, 0.15) is 0 Å². The van der Waals surface area contributed by atoms with Gasteiger partial charge in [-0.3, -0.25) is 0 Å². The molecule has 2 aliphatic rings. The first-order chi connectivity index (χ1) is 10.8. The SMILES string of the molecule is CN1CNC=C1c1ccnc(Nc2ccc3c(c2)OCO3)n1. The Kier molecular flexibility index (Phi) is 2.96. The van der Waals surface area contributed by atoms with E-state index in [-0.39, 0.29) is 6.79 Å². The first-order valence-electron chi connectivity index (χ1n) is 6.94. The minimum atomic E-state index is 0.262. The highest BCUT2D eigenvalue weighted by atomic mass is 16.7. The van der Waals surface area contributed by atoms with Gasteiger partial charge in [0.2, 0.25) is 12.7 Å². The van der Waals surface area contributed by atoms with Crippen molar-refractivity contribution < 1.29 is 9.47 Å². The maximum atomic E-state index is 5.37. The van der Waals surface area contributed by atoms with Gasteiger partial charge >= 0.3 is 0 Å². The van der Waals surface area contributed by atoms with E-state index in [2.05, 4.69) is 25.5 Å². The van der Waals surface area contributed by atoms with Crippen molar-refractivity contribution in [3.8, 4) is 11.5 Å². The maximum Gasteiger partial charge on any atom is 0.231 e. The largest absolute Gasteiger partial charge is 0.454 e. The van der Waals surface area contributed by atoms with Crippen molar-refractivity contribution in [2.45, 2.75) is 0 Å². The van der Waals surface area contributed by atoms with Crippen LogP contribution >= 0.6 is 0 Å². The Hall–Kier alpha value is -2.96. The van der Waals surface area contributed by atoms with E-state index in [9.17, 15) is 0 Å². The Balaban J connectivity index is 1.58. The summed E-state index contributed by atoms with van der Waals surface area (Å²) in [6.07, 6.45) is 3.69. The third kappa shape index (κ3) is 2.26. The zero-order valence-corrected chi connectivity index (χ0v) is 12.0. The Morgan fingerprint density at radius 3 is 3.00 bits per heavy atom. The van der Waals surface area contributed by atoms with Crippen molar-refractivity contribution in [1.82, 2.24) is 20.2 Å². The van der Waals surface area contributed by atoms with Gasteiger partial charge in [0.25, 0.3) is 0 Å². The second kappa shape index (κ2) is 5.10. The lowest BCUT2D eigenvalue weighted by molar-refractivity contribution is 0.174. The van der Waals surface area contributed by atoms with Crippen LogP contribution in [0.1, 0.15) is 5.69 Å². The van der Waals surface area contributed by atoms with Gasteiger partial charge < -0.3 is 25.0 Å². The number of aromatic nitrogens is 2. The highest BCUT2D eigenvalue weighted by Gasteiger charge is 2.16. The molecular formula is C15H15N5O2. The van der Waals surface area contributed by atoms with E-state index in [1.165, 1.54) is 0 Å². The van der Waals surface area contributed by atoms with Crippen LogP contribution in [0.2, 0.25) is 0 Å². The molecule has 3 heterocycles. The van der Waals surface area contributed by atoms with Gasteiger partial charge in [-0.2, -0.15) is 0 Å². The monoisotopic (exact) mass is 297 g/mol. The van der Waals surface area contributed by atoms with Crippen LogP contribution in [0.4, 0.5) is 11.6 Å². The number of rotatable bonds is 3. The van der Waals surface area contributed by atoms with Crippen LogP contribution in [0.25, 0.3) is 5.70 Å². The summed E-state index contributed by atoms with van der Waals surface area (Å²) in [6.45, 7) is 1.04.